The van der Waals surface area contributed by atoms with Crippen molar-refractivity contribution in [2.24, 2.45) is 0 Å². The number of H-pyrrole nitrogens is 1. The van der Waals surface area contributed by atoms with Gasteiger partial charge in [0.2, 0.25) is 10.0 Å². The lowest BCUT2D eigenvalue weighted by Crippen LogP contribution is -2.26. The van der Waals surface area contributed by atoms with Crippen LogP contribution in [0.2, 0.25) is 0 Å². The number of sulfonamides is 1. The molecule has 0 bridgehead atoms. The van der Waals surface area contributed by atoms with Crippen molar-refractivity contribution in [1.29, 1.82) is 0 Å². The van der Waals surface area contributed by atoms with Crippen molar-refractivity contribution in [3.8, 4) is 0 Å². The highest BCUT2D eigenvalue weighted by Gasteiger charge is 2.24. The fourth-order valence-electron chi connectivity index (χ4n) is 1.60. The van der Waals surface area contributed by atoms with Gasteiger partial charge in [-0.1, -0.05) is 5.16 Å². The summed E-state index contributed by atoms with van der Waals surface area (Å²) in [5.41, 5.74) is 1.48. The zero-order valence-electron chi connectivity index (χ0n) is 10.3. The first kappa shape index (κ1) is 12.8. The van der Waals surface area contributed by atoms with Crippen LogP contribution in [0.25, 0.3) is 0 Å². The lowest BCUT2D eigenvalue weighted by Gasteiger charge is -2.15. The van der Waals surface area contributed by atoms with Gasteiger partial charge in [-0.25, -0.2) is 8.42 Å². The number of nitrogens with zero attached hydrogens (tertiary/aromatic N) is 3. The normalized spacial score (nSPS) is 12.2. The summed E-state index contributed by atoms with van der Waals surface area (Å²) in [4.78, 5) is 0.136. The summed E-state index contributed by atoms with van der Waals surface area (Å²) >= 11 is 0. The van der Waals surface area contributed by atoms with Gasteiger partial charge in [-0.15, -0.1) is 0 Å². The maximum atomic E-state index is 12.2. The number of nitrogens with one attached hydrogen (secondary N) is 1. The van der Waals surface area contributed by atoms with Gasteiger partial charge >= 0.3 is 0 Å². The Labute approximate surface area is 105 Å². The molecular weight excluding hydrogens is 256 g/mol. The van der Waals surface area contributed by atoms with E-state index in [-0.39, 0.29) is 11.4 Å². The molecule has 18 heavy (non-hydrogen) atoms. The van der Waals surface area contributed by atoms with E-state index in [2.05, 4.69) is 15.4 Å². The van der Waals surface area contributed by atoms with E-state index in [0.29, 0.717) is 11.5 Å². The van der Waals surface area contributed by atoms with Crippen molar-refractivity contribution in [2.75, 3.05) is 7.05 Å². The Bertz CT molecular complexity index is 611. The quantitative estimate of drug-likeness (QED) is 0.888. The summed E-state index contributed by atoms with van der Waals surface area (Å²) in [6, 6.07) is 0. The second kappa shape index (κ2) is 4.54. The minimum atomic E-state index is -3.54. The zero-order chi connectivity index (χ0) is 13.3. The molecule has 0 amide bonds. The maximum absolute atomic E-state index is 12.2. The molecular formula is C10H14N4O3S. The molecule has 8 heteroatoms. The molecule has 0 radical (unpaired) electrons. The summed E-state index contributed by atoms with van der Waals surface area (Å²) in [6.07, 6.45) is 2.62. The van der Waals surface area contributed by atoms with Crippen LogP contribution in [0, 0.1) is 13.8 Å². The van der Waals surface area contributed by atoms with Crippen molar-refractivity contribution in [2.45, 2.75) is 25.3 Å². The van der Waals surface area contributed by atoms with Crippen LogP contribution in [0.4, 0.5) is 0 Å². The van der Waals surface area contributed by atoms with E-state index in [1.165, 1.54) is 23.7 Å². The first-order chi connectivity index (χ1) is 8.43. The SMILES string of the molecule is Cc1noc(C)c1CN(C)S(=O)(=O)c1cn[nH]c1. The van der Waals surface area contributed by atoms with Crippen LogP contribution in [0.5, 0.6) is 0 Å². The maximum Gasteiger partial charge on any atom is 0.246 e. The molecule has 7 nitrogen and oxygen atoms in total. The van der Waals surface area contributed by atoms with E-state index in [1.54, 1.807) is 13.8 Å². The number of hydrogen-bond acceptors (Lipinski definition) is 5. The predicted molar refractivity (Wildman–Crippen MR) is 63.2 cm³/mol. The van der Waals surface area contributed by atoms with Crippen molar-refractivity contribution < 1.29 is 12.9 Å². The van der Waals surface area contributed by atoms with Crippen LogP contribution in [-0.2, 0) is 16.6 Å². The molecule has 2 aromatic heterocycles. The smallest absolute Gasteiger partial charge is 0.246 e. The van der Waals surface area contributed by atoms with E-state index in [1.807, 2.05) is 0 Å². The number of aromatic amines is 1. The summed E-state index contributed by atoms with van der Waals surface area (Å²) in [6.45, 7) is 3.76. The molecule has 98 valence electrons. The molecule has 0 aliphatic heterocycles. The van der Waals surface area contributed by atoms with Crippen molar-refractivity contribution in [3.05, 3.63) is 29.4 Å². The first-order valence-corrected chi connectivity index (χ1v) is 6.74. The molecule has 2 aromatic rings. The second-order valence-electron chi connectivity index (χ2n) is 4.00. The van der Waals surface area contributed by atoms with Gasteiger partial charge in [0.15, 0.2) is 0 Å². The Kier molecular flexibility index (Phi) is 3.22. The molecule has 2 heterocycles. The number of hydrogen-bond donors (Lipinski definition) is 1. The van der Waals surface area contributed by atoms with Crippen molar-refractivity contribution >= 4 is 10.0 Å². The third-order valence-corrected chi connectivity index (χ3v) is 4.51. The van der Waals surface area contributed by atoms with Gasteiger partial charge in [0, 0.05) is 25.4 Å². The molecule has 2 rings (SSSR count). The van der Waals surface area contributed by atoms with Crippen LogP contribution in [-0.4, -0.2) is 35.1 Å². The van der Waals surface area contributed by atoms with Crippen LogP contribution < -0.4 is 0 Å². The van der Waals surface area contributed by atoms with E-state index >= 15 is 0 Å². The fraction of sp³-hybridized carbons (Fsp3) is 0.400. The molecule has 0 saturated carbocycles. The topological polar surface area (TPSA) is 92.1 Å². The van der Waals surface area contributed by atoms with Gasteiger partial charge in [0.25, 0.3) is 0 Å². The Morgan fingerprint density at radius 2 is 2.17 bits per heavy atom. The molecule has 0 spiro atoms. The van der Waals surface area contributed by atoms with E-state index in [0.717, 1.165) is 5.56 Å². The molecule has 0 atom stereocenters. The Balaban J connectivity index is 2.26. The van der Waals surface area contributed by atoms with Gasteiger partial charge in [-0.05, 0) is 13.8 Å². The minimum absolute atomic E-state index is 0.136. The van der Waals surface area contributed by atoms with Crippen LogP contribution >= 0.6 is 0 Å². The molecule has 1 N–H and O–H groups in total. The minimum Gasteiger partial charge on any atom is -0.361 e. The summed E-state index contributed by atoms with van der Waals surface area (Å²) < 4.78 is 30.6. The monoisotopic (exact) mass is 270 g/mol. The molecule has 0 unspecified atom stereocenters. The molecule has 0 fully saturated rings. The van der Waals surface area contributed by atoms with Gasteiger partial charge < -0.3 is 4.52 Å². The number of aryl methyl sites for hydroxylation is 2. The molecule has 0 aliphatic carbocycles. The predicted octanol–water partition coefficient (Wildman–Crippen LogP) is 0.835. The summed E-state index contributed by atoms with van der Waals surface area (Å²) in [5.74, 6) is 0.627. The lowest BCUT2D eigenvalue weighted by molar-refractivity contribution is 0.390. The standard InChI is InChI=1S/C10H14N4O3S/c1-7-10(8(2)17-13-7)6-14(3)18(15,16)9-4-11-12-5-9/h4-5H,6H2,1-3H3,(H,11,12). The van der Waals surface area contributed by atoms with Crippen molar-refractivity contribution in [1.82, 2.24) is 19.7 Å². The van der Waals surface area contributed by atoms with Gasteiger partial charge in [-0.2, -0.15) is 9.40 Å². The van der Waals surface area contributed by atoms with E-state index in [4.69, 9.17) is 4.52 Å². The Morgan fingerprint density at radius 1 is 1.44 bits per heavy atom. The highest BCUT2D eigenvalue weighted by Crippen LogP contribution is 2.19. The Hall–Kier alpha value is -1.67. The van der Waals surface area contributed by atoms with Crippen LogP contribution in [0.3, 0.4) is 0 Å². The van der Waals surface area contributed by atoms with Gasteiger partial charge in [-0.3, -0.25) is 5.10 Å². The second-order valence-corrected chi connectivity index (χ2v) is 6.04. The van der Waals surface area contributed by atoms with Crippen LogP contribution in [0.1, 0.15) is 17.0 Å². The summed E-state index contributed by atoms with van der Waals surface area (Å²) in [5, 5.41) is 9.93. The third-order valence-electron chi connectivity index (χ3n) is 2.74. The zero-order valence-corrected chi connectivity index (χ0v) is 11.2. The fourth-order valence-corrected chi connectivity index (χ4v) is 2.64. The average molecular weight is 270 g/mol. The first-order valence-electron chi connectivity index (χ1n) is 5.30. The Morgan fingerprint density at radius 3 is 2.67 bits per heavy atom. The molecule has 0 saturated heterocycles. The molecule has 0 aromatic carbocycles. The van der Waals surface area contributed by atoms with Gasteiger partial charge in [0.1, 0.15) is 10.7 Å². The largest absolute Gasteiger partial charge is 0.361 e. The molecule has 0 aliphatic rings. The van der Waals surface area contributed by atoms with Crippen molar-refractivity contribution in [3.63, 3.8) is 0 Å². The summed E-state index contributed by atoms with van der Waals surface area (Å²) in [7, 11) is -2.03. The van der Waals surface area contributed by atoms with E-state index in [9.17, 15) is 8.42 Å². The average Bonchev–Trinajstić information content (AvgIpc) is 2.94. The van der Waals surface area contributed by atoms with Crippen LogP contribution in [0.15, 0.2) is 21.8 Å². The third kappa shape index (κ3) is 2.16. The number of aromatic nitrogens is 3. The number of rotatable bonds is 4. The van der Waals surface area contributed by atoms with E-state index < -0.39 is 10.0 Å². The lowest BCUT2D eigenvalue weighted by atomic mass is 10.2. The highest BCUT2D eigenvalue weighted by atomic mass is 32.2. The highest BCUT2D eigenvalue weighted by molar-refractivity contribution is 7.89. The van der Waals surface area contributed by atoms with Gasteiger partial charge in [0.05, 0.1) is 11.9 Å².